The Labute approximate surface area is 527 Å². The fraction of sp³-hybridized carbons (Fsp3) is 0.324. The molecule has 3 aromatic heterocycles. The molecule has 0 unspecified atom stereocenters. The summed E-state index contributed by atoms with van der Waals surface area (Å²) < 4.78 is 22.4. The second kappa shape index (κ2) is 24.1. The van der Waals surface area contributed by atoms with Crippen LogP contribution < -0.4 is 34.8 Å². The molecule has 4 fully saturated rings. The third-order valence-electron chi connectivity index (χ3n) is 19.4. The van der Waals surface area contributed by atoms with Crippen LogP contribution in [0.15, 0.2) is 128 Å². The van der Waals surface area contributed by atoms with Gasteiger partial charge in [0.1, 0.15) is 18.6 Å². The molecule has 0 spiro atoms. The summed E-state index contributed by atoms with van der Waals surface area (Å²) in [5.74, 6) is 1.97. The molecular weight excluding hydrogens is 1180 g/mol. The number of aromatic amines is 2. The Morgan fingerprint density at radius 3 is 1.75 bits per heavy atom. The molecule has 92 heavy (non-hydrogen) atoms. The number of nitrogens with one attached hydrogen (secondary N) is 4. The number of fused-ring (bicyclic) bond motifs is 10. The SMILES string of the molecule is O=C(/C=C/c1ccc(CN2CCC(N3CC(=O)N4[C@H](c5ccc6c(c5)OCO6)c5[nH]c6ccccc6c5C[C@@H]4C3=O)CC2)cc1)NO.O=C(NO)c1cnc(N2CCC(CN3CC(=O)N4[C@H](c5ccc6c(c5)OCO6)c5[nH]c6ccccc6c5C[C@@H]4C3=O)CC2)nc1. The van der Waals surface area contributed by atoms with Gasteiger partial charge in [0.2, 0.25) is 43.2 Å². The van der Waals surface area contributed by atoms with Crippen molar-refractivity contribution in [1.29, 1.82) is 0 Å². The zero-order chi connectivity index (χ0) is 62.7. The minimum atomic E-state index is -0.666. The van der Waals surface area contributed by atoms with Gasteiger partial charge in [-0.25, -0.2) is 20.9 Å². The Morgan fingerprint density at radius 1 is 0.620 bits per heavy atom. The summed E-state index contributed by atoms with van der Waals surface area (Å²) in [5, 5.41) is 19.6. The maximum Gasteiger partial charge on any atom is 0.277 e. The van der Waals surface area contributed by atoms with Gasteiger partial charge >= 0.3 is 0 Å². The van der Waals surface area contributed by atoms with Gasteiger partial charge in [0.15, 0.2) is 23.0 Å². The lowest BCUT2D eigenvalue weighted by Gasteiger charge is -2.49. The lowest BCUT2D eigenvalue weighted by atomic mass is 9.85. The van der Waals surface area contributed by atoms with Crippen molar-refractivity contribution in [2.45, 2.75) is 75.3 Å². The van der Waals surface area contributed by atoms with Crippen molar-refractivity contribution in [3.8, 4) is 23.0 Å². The van der Waals surface area contributed by atoms with E-state index < -0.39 is 36.0 Å². The van der Waals surface area contributed by atoms with Crippen LogP contribution in [0.2, 0.25) is 0 Å². The molecule has 6 amide bonds. The van der Waals surface area contributed by atoms with Crippen molar-refractivity contribution >= 4 is 69.3 Å². The Morgan fingerprint density at radius 2 is 1.17 bits per heavy atom. The number of piperazine rings is 2. The minimum absolute atomic E-state index is 0.00314. The van der Waals surface area contributed by atoms with E-state index in [9.17, 15) is 28.8 Å². The van der Waals surface area contributed by atoms with Crippen molar-refractivity contribution in [3.63, 3.8) is 0 Å². The van der Waals surface area contributed by atoms with Crippen LogP contribution in [0.3, 0.4) is 0 Å². The molecule has 0 radical (unpaired) electrons. The van der Waals surface area contributed by atoms with Gasteiger partial charge in [-0.2, -0.15) is 0 Å². The number of hydrogen-bond acceptors (Lipinski definition) is 16. The van der Waals surface area contributed by atoms with Gasteiger partial charge in [-0.05, 0) is 107 Å². The van der Waals surface area contributed by atoms with Crippen LogP contribution in [-0.2, 0) is 43.4 Å². The number of ether oxygens (including phenoxy) is 4. The van der Waals surface area contributed by atoms with E-state index in [1.807, 2.05) is 107 Å². The highest BCUT2D eigenvalue weighted by atomic mass is 16.7. The van der Waals surface area contributed by atoms with Crippen LogP contribution in [0, 0.1) is 5.92 Å². The third-order valence-corrected chi connectivity index (χ3v) is 19.4. The van der Waals surface area contributed by atoms with Crippen LogP contribution in [0.1, 0.15) is 92.9 Å². The number of likely N-dealkylation sites (tertiary alicyclic amines) is 1. The summed E-state index contributed by atoms with van der Waals surface area (Å²) in [6.45, 7) is 4.72. The number of H-pyrrole nitrogens is 2. The van der Waals surface area contributed by atoms with Crippen molar-refractivity contribution < 1.29 is 58.1 Å². The lowest BCUT2D eigenvalue weighted by Crippen LogP contribution is -2.65. The van der Waals surface area contributed by atoms with Gasteiger partial charge in [-0.1, -0.05) is 72.8 Å². The van der Waals surface area contributed by atoms with E-state index in [1.165, 1.54) is 18.5 Å². The number of hydrogen-bond donors (Lipinski definition) is 6. The number of rotatable bonds is 11. The molecule has 8 aliphatic heterocycles. The Kier molecular flexibility index (Phi) is 15.2. The molecule has 5 aromatic carbocycles. The fourth-order valence-corrected chi connectivity index (χ4v) is 14.8. The average molecular weight is 1240 g/mol. The van der Waals surface area contributed by atoms with Crippen molar-refractivity contribution in [2.75, 3.05) is 64.3 Å². The monoisotopic (exact) mass is 1240 g/mol. The van der Waals surface area contributed by atoms with Gasteiger partial charge in [0.25, 0.3) is 11.8 Å². The number of amides is 6. The summed E-state index contributed by atoms with van der Waals surface area (Å²) in [6, 6.07) is 33.5. The molecule has 6 N–H and O–H groups in total. The molecule has 11 heterocycles. The number of hydroxylamine groups is 2. The quantitative estimate of drug-likeness (QED) is 0.0480. The molecule has 4 saturated heterocycles. The highest BCUT2D eigenvalue weighted by Gasteiger charge is 2.51. The largest absolute Gasteiger partial charge is 0.454 e. The minimum Gasteiger partial charge on any atom is -0.454 e. The Bertz CT molecular complexity index is 4250. The summed E-state index contributed by atoms with van der Waals surface area (Å²) in [5.41, 5.74) is 13.1. The second-order valence-corrected chi connectivity index (χ2v) is 24.6. The molecule has 0 bridgehead atoms. The molecule has 8 aliphatic rings. The Balaban J connectivity index is 0.000000153. The highest BCUT2D eigenvalue weighted by molar-refractivity contribution is 5.99. The van der Waals surface area contributed by atoms with Crippen molar-refractivity contribution in [1.82, 2.24) is 55.4 Å². The first-order chi connectivity index (χ1) is 44.9. The number of nitrogens with zero attached hydrogens (tertiary/aromatic N) is 8. The molecule has 8 aromatic rings. The normalized spacial score (nSPS) is 21.3. The first-order valence-electron chi connectivity index (χ1n) is 31.1. The maximum absolute atomic E-state index is 14.4. The topological polar surface area (TPSA) is 281 Å². The number of benzene rings is 5. The van der Waals surface area contributed by atoms with Gasteiger partial charge in [-0.15, -0.1) is 0 Å². The first kappa shape index (κ1) is 58.1. The van der Waals surface area contributed by atoms with Crippen LogP contribution in [0.5, 0.6) is 23.0 Å². The number of carbonyl (C=O) groups is 6. The lowest BCUT2D eigenvalue weighted by molar-refractivity contribution is -0.161. The highest BCUT2D eigenvalue weighted by Crippen LogP contribution is 2.48. The van der Waals surface area contributed by atoms with E-state index in [1.54, 1.807) is 31.7 Å². The summed E-state index contributed by atoms with van der Waals surface area (Å²) in [4.78, 5) is 107. The number of para-hydroxylation sites is 2. The molecule has 4 atom stereocenters. The smallest absolute Gasteiger partial charge is 0.277 e. The van der Waals surface area contributed by atoms with E-state index in [4.69, 9.17) is 29.4 Å². The molecular formula is C68H66N12O12. The fourth-order valence-electron chi connectivity index (χ4n) is 14.8. The second-order valence-electron chi connectivity index (χ2n) is 24.6. The predicted octanol–water partition coefficient (Wildman–Crippen LogP) is 6.17. The number of piperidine rings is 2. The van der Waals surface area contributed by atoms with Crippen molar-refractivity contribution in [2.24, 2.45) is 5.92 Å². The van der Waals surface area contributed by atoms with E-state index in [-0.39, 0.29) is 67.8 Å². The summed E-state index contributed by atoms with van der Waals surface area (Å²) >= 11 is 0. The van der Waals surface area contributed by atoms with E-state index >= 15 is 0 Å². The standard InChI is InChI=1S/C36H35N5O6.C32H31N7O6/c42-32(38-45)12-9-22-5-7-23(8-6-22)19-39-15-13-25(14-16-39)40-20-33(43)41-29(36(40)44)18-27-26-3-1-2-4-28(26)37-34(27)35(41)24-10-11-30-31(17-24)47-21-46-30;40-27-16-38(15-18-7-9-37(10-8-18)32-33-13-20(14-34-32)30(41)36-43)31(42)24-12-22-21-3-1-2-4-23(21)35-28(22)29(39(24)27)19-5-6-25-26(11-19)45-17-44-25/h1-12,17,25,29,35,37,45H,13-16,18-21H2,(H,38,42);1-6,11,13-14,18,24,29,35,43H,7-10,12,15-17H2,(H,36,41)/b12-9+;/t29-,35-;24-,29-/m11/s1. The van der Waals surface area contributed by atoms with E-state index in [2.05, 4.69) is 37.0 Å². The number of carbonyl (C=O) groups excluding carboxylic acids is 6. The van der Waals surface area contributed by atoms with Crippen LogP contribution >= 0.6 is 0 Å². The average Bonchev–Trinajstić information content (AvgIpc) is 1.46. The van der Waals surface area contributed by atoms with Gasteiger partial charge in [0, 0.05) is 110 Å². The first-order valence-corrected chi connectivity index (χ1v) is 31.1. The Hall–Kier alpha value is -10.3. The van der Waals surface area contributed by atoms with Crippen molar-refractivity contribution in [3.05, 3.63) is 178 Å². The number of aromatic nitrogens is 4. The molecule has 0 aliphatic carbocycles. The summed E-state index contributed by atoms with van der Waals surface area (Å²) in [7, 11) is 0. The summed E-state index contributed by atoms with van der Waals surface area (Å²) in [6.07, 6.45) is 9.80. The van der Waals surface area contributed by atoms with E-state index in [0.717, 1.165) is 112 Å². The van der Waals surface area contributed by atoms with Crippen LogP contribution in [-0.4, -0.2) is 168 Å². The molecule has 24 heteroatoms. The van der Waals surface area contributed by atoms with E-state index in [0.29, 0.717) is 61.4 Å². The molecule has 470 valence electrons. The predicted molar refractivity (Wildman–Crippen MR) is 332 cm³/mol. The van der Waals surface area contributed by atoms with Crippen LogP contribution in [0.4, 0.5) is 5.95 Å². The number of anilines is 1. The zero-order valence-corrected chi connectivity index (χ0v) is 50.0. The zero-order valence-electron chi connectivity index (χ0n) is 50.0. The maximum atomic E-state index is 14.4. The van der Waals surface area contributed by atoms with Gasteiger partial charge in [0.05, 0.1) is 24.2 Å². The van der Waals surface area contributed by atoms with Gasteiger partial charge < -0.3 is 53.4 Å². The molecule has 24 nitrogen and oxygen atoms in total. The molecule has 0 saturated carbocycles. The van der Waals surface area contributed by atoms with Gasteiger partial charge in [-0.3, -0.25) is 44.1 Å². The molecule has 16 rings (SSSR count). The van der Waals surface area contributed by atoms with Crippen LogP contribution in [0.25, 0.3) is 27.9 Å². The third kappa shape index (κ3) is 10.7.